The largest absolute Gasteiger partial charge is 0.488 e. The number of benzene rings is 3. The number of hydrogen-bond acceptors (Lipinski definition) is 4. The van der Waals surface area contributed by atoms with E-state index in [0.717, 1.165) is 63.8 Å². The molecule has 0 amide bonds. The van der Waals surface area contributed by atoms with E-state index in [9.17, 15) is 0 Å². The van der Waals surface area contributed by atoms with Crippen molar-refractivity contribution in [1.82, 2.24) is 0 Å². The highest BCUT2D eigenvalue weighted by molar-refractivity contribution is 5.53. The van der Waals surface area contributed by atoms with E-state index in [1.807, 2.05) is 59.8 Å². The van der Waals surface area contributed by atoms with Crippen molar-refractivity contribution in [2.45, 2.75) is 144 Å². The molecule has 4 heteroatoms. The highest BCUT2D eigenvalue weighted by atomic mass is 16.6. The summed E-state index contributed by atoms with van der Waals surface area (Å²) < 4.78 is 19.0. The van der Waals surface area contributed by atoms with Crippen molar-refractivity contribution in [2.24, 2.45) is 5.92 Å². The standard InChI is InChI=1S/C42H51NO3.C4H8.2C2H6/c1-41(2,3)45-36-19-21-39-34(28-36)16-20-38(32-12-8-5-9-13-32)40(39)33-14-17-35(18-15-33)43-26-24-42(25-27-43)23-22-37(46-42)30-44-29-31-10-6-4-7-11-31;1-3-4-2;2*1-2/h4,6-8,10-15,17-19,21,28,37-38,40H,5,9,16,20,22-27,29-30H2,1-3H3;3-4H,1-2H3;2*1-2H3/b;4-3-;;. The van der Waals surface area contributed by atoms with Crippen molar-refractivity contribution in [3.8, 4) is 5.75 Å². The van der Waals surface area contributed by atoms with E-state index in [2.05, 4.69) is 111 Å². The maximum absolute atomic E-state index is 6.68. The minimum absolute atomic E-state index is 0.0209. The van der Waals surface area contributed by atoms with Gasteiger partial charge >= 0.3 is 0 Å². The molecule has 7 rings (SSSR count). The van der Waals surface area contributed by atoms with Gasteiger partial charge in [0.05, 0.1) is 24.9 Å². The van der Waals surface area contributed by atoms with Crippen molar-refractivity contribution >= 4 is 5.69 Å². The fourth-order valence-electron chi connectivity index (χ4n) is 8.22. The van der Waals surface area contributed by atoms with Crippen LogP contribution in [0.5, 0.6) is 5.75 Å². The third kappa shape index (κ3) is 11.9. The first-order valence-corrected chi connectivity index (χ1v) is 21.2. The molecule has 4 aliphatic rings. The number of allylic oxidation sites excluding steroid dienone is 6. The first kappa shape index (κ1) is 43.1. The van der Waals surface area contributed by atoms with Gasteiger partial charge in [0, 0.05) is 24.7 Å². The van der Waals surface area contributed by atoms with E-state index < -0.39 is 0 Å². The van der Waals surface area contributed by atoms with E-state index in [1.54, 1.807) is 0 Å². The molecular formula is C50H71NO3. The fourth-order valence-corrected chi connectivity index (χ4v) is 8.22. The third-order valence-corrected chi connectivity index (χ3v) is 10.8. The quantitative estimate of drug-likeness (QED) is 0.216. The van der Waals surface area contributed by atoms with Crippen LogP contribution in [0.25, 0.3) is 0 Å². The summed E-state index contributed by atoms with van der Waals surface area (Å²) in [6, 6.07) is 26.8. The Morgan fingerprint density at radius 1 is 0.833 bits per heavy atom. The SMILES string of the molecule is C/C=C\C.CC.CC.CC(C)(C)Oc1ccc2c(c1)CCC(C1=CCCC=C1)C2c1ccc(N2CCC3(CCC(COCc4ccccc4)O3)CC2)cc1. The molecule has 2 saturated heterocycles. The Kier molecular flexibility index (Phi) is 17.2. The van der Waals surface area contributed by atoms with Gasteiger partial charge in [-0.2, -0.15) is 0 Å². The highest BCUT2D eigenvalue weighted by Crippen LogP contribution is 2.47. The molecule has 0 aromatic heterocycles. The Morgan fingerprint density at radius 3 is 2.17 bits per heavy atom. The van der Waals surface area contributed by atoms with E-state index >= 15 is 0 Å². The second kappa shape index (κ2) is 21.5. The first-order chi connectivity index (χ1) is 26.3. The molecule has 3 aromatic carbocycles. The summed E-state index contributed by atoms with van der Waals surface area (Å²) in [5.41, 5.74) is 8.22. The lowest BCUT2D eigenvalue weighted by Gasteiger charge is -2.40. The topological polar surface area (TPSA) is 30.9 Å². The van der Waals surface area contributed by atoms with E-state index in [1.165, 1.54) is 39.9 Å². The molecular weight excluding hydrogens is 663 g/mol. The van der Waals surface area contributed by atoms with Crippen LogP contribution in [0.2, 0.25) is 0 Å². The summed E-state index contributed by atoms with van der Waals surface area (Å²) in [5, 5.41) is 0. The van der Waals surface area contributed by atoms with Crippen LogP contribution in [-0.2, 0) is 22.5 Å². The van der Waals surface area contributed by atoms with Crippen LogP contribution in [0.15, 0.2) is 109 Å². The molecule has 2 aliphatic carbocycles. The molecule has 4 nitrogen and oxygen atoms in total. The van der Waals surface area contributed by atoms with Gasteiger partial charge in [0.1, 0.15) is 11.4 Å². The number of anilines is 1. The number of piperidine rings is 1. The van der Waals surface area contributed by atoms with Crippen molar-refractivity contribution in [3.63, 3.8) is 0 Å². The van der Waals surface area contributed by atoms with Gasteiger partial charge < -0.3 is 19.1 Å². The third-order valence-electron chi connectivity index (χ3n) is 10.8. The summed E-state index contributed by atoms with van der Waals surface area (Å²) in [6.07, 6.45) is 20.5. The van der Waals surface area contributed by atoms with Gasteiger partial charge in [-0.25, -0.2) is 0 Å². The lowest BCUT2D eigenvalue weighted by Crippen LogP contribution is -2.44. The van der Waals surface area contributed by atoms with E-state index in [0.29, 0.717) is 25.0 Å². The molecule has 2 fully saturated rings. The second-order valence-electron chi connectivity index (χ2n) is 15.6. The predicted octanol–water partition coefficient (Wildman–Crippen LogP) is 13.2. The average molecular weight is 734 g/mol. The van der Waals surface area contributed by atoms with Crippen LogP contribution < -0.4 is 9.64 Å². The normalized spacial score (nSPS) is 21.5. The van der Waals surface area contributed by atoms with E-state index in [4.69, 9.17) is 14.2 Å². The number of rotatable bonds is 8. The molecule has 1 spiro atoms. The monoisotopic (exact) mass is 734 g/mol. The number of aryl methyl sites for hydroxylation is 1. The van der Waals surface area contributed by atoms with Crippen LogP contribution in [-0.4, -0.2) is 37.0 Å². The highest BCUT2D eigenvalue weighted by Gasteiger charge is 2.42. The fraction of sp³-hybridized carbons (Fsp3) is 0.520. The summed E-state index contributed by atoms with van der Waals surface area (Å²) in [5.74, 6) is 1.84. The van der Waals surface area contributed by atoms with Crippen LogP contribution in [0.3, 0.4) is 0 Å². The summed E-state index contributed by atoms with van der Waals surface area (Å²) in [4.78, 5) is 2.56. The first-order valence-electron chi connectivity index (χ1n) is 21.2. The summed E-state index contributed by atoms with van der Waals surface area (Å²) in [6.45, 7) is 21.8. The molecule has 2 aliphatic heterocycles. The van der Waals surface area contributed by atoms with Gasteiger partial charge in [-0.05, 0) is 144 Å². The summed E-state index contributed by atoms with van der Waals surface area (Å²) in [7, 11) is 0. The Labute approximate surface area is 329 Å². The van der Waals surface area contributed by atoms with Gasteiger partial charge in [-0.15, -0.1) is 0 Å². The number of hydrogen-bond donors (Lipinski definition) is 0. The minimum Gasteiger partial charge on any atom is -0.488 e. The summed E-state index contributed by atoms with van der Waals surface area (Å²) >= 11 is 0. The molecule has 0 saturated carbocycles. The van der Waals surface area contributed by atoms with Gasteiger partial charge in [0.25, 0.3) is 0 Å². The Balaban J connectivity index is 0.000000752. The molecule has 54 heavy (non-hydrogen) atoms. The number of ether oxygens (including phenoxy) is 3. The molecule has 3 unspecified atom stereocenters. The molecule has 3 aromatic rings. The molecule has 0 radical (unpaired) electrons. The molecule has 3 atom stereocenters. The maximum Gasteiger partial charge on any atom is 0.120 e. The smallest absolute Gasteiger partial charge is 0.120 e. The van der Waals surface area contributed by atoms with E-state index in [-0.39, 0.29) is 17.3 Å². The lowest BCUT2D eigenvalue weighted by atomic mass is 9.68. The molecule has 0 bridgehead atoms. The van der Waals surface area contributed by atoms with Gasteiger partial charge in [0.15, 0.2) is 0 Å². The molecule has 2 heterocycles. The zero-order chi connectivity index (χ0) is 39.0. The van der Waals surface area contributed by atoms with Crippen molar-refractivity contribution in [3.05, 3.63) is 131 Å². The van der Waals surface area contributed by atoms with Crippen molar-refractivity contribution in [1.29, 1.82) is 0 Å². The zero-order valence-electron chi connectivity index (χ0n) is 35.2. The molecule has 0 N–H and O–H groups in total. The second-order valence-corrected chi connectivity index (χ2v) is 15.6. The minimum atomic E-state index is -0.199. The van der Waals surface area contributed by atoms with Crippen molar-refractivity contribution in [2.75, 3.05) is 24.6 Å². The number of nitrogens with zero attached hydrogens (tertiary/aromatic N) is 1. The Morgan fingerprint density at radius 2 is 1.54 bits per heavy atom. The van der Waals surface area contributed by atoms with Crippen LogP contribution in [0.1, 0.15) is 135 Å². The Hall–Kier alpha value is -3.60. The van der Waals surface area contributed by atoms with Gasteiger partial charge in [-0.1, -0.05) is 107 Å². The average Bonchev–Trinajstić information content (AvgIpc) is 3.61. The van der Waals surface area contributed by atoms with Crippen LogP contribution in [0, 0.1) is 5.92 Å². The number of fused-ring (bicyclic) bond motifs is 1. The predicted molar refractivity (Wildman–Crippen MR) is 231 cm³/mol. The Bertz CT molecular complexity index is 1600. The maximum atomic E-state index is 6.68. The lowest BCUT2D eigenvalue weighted by molar-refractivity contribution is -0.0843. The molecule has 294 valence electrons. The van der Waals surface area contributed by atoms with Gasteiger partial charge in [-0.3, -0.25) is 0 Å². The van der Waals surface area contributed by atoms with Crippen LogP contribution >= 0.6 is 0 Å². The van der Waals surface area contributed by atoms with Crippen LogP contribution in [0.4, 0.5) is 5.69 Å². The van der Waals surface area contributed by atoms with Crippen molar-refractivity contribution < 1.29 is 14.2 Å². The van der Waals surface area contributed by atoms with Gasteiger partial charge in [0.2, 0.25) is 0 Å². The zero-order valence-corrected chi connectivity index (χ0v) is 35.2.